The monoisotopic (exact) mass is 912 g/mol. The van der Waals surface area contributed by atoms with E-state index in [1.165, 1.54) is 193 Å². The minimum atomic E-state index is -4.42. The predicted octanol–water partition coefficient (Wildman–Crippen LogP) is 15.9. The molecule has 0 aliphatic rings. The summed E-state index contributed by atoms with van der Waals surface area (Å²) in [6, 6.07) is 0. The number of rotatable bonds is 51. The van der Waals surface area contributed by atoms with E-state index in [-0.39, 0.29) is 32.1 Å². The van der Waals surface area contributed by atoms with Crippen molar-refractivity contribution in [2.75, 3.05) is 26.4 Å². The Morgan fingerprint density at radius 2 is 0.857 bits per heavy atom. The molecule has 1 amide bonds. The van der Waals surface area contributed by atoms with Crippen LogP contribution in [0, 0.1) is 0 Å². The zero-order valence-corrected chi connectivity index (χ0v) is 42.2. The zero-order chi connectivity index (χ0) is 46.0. The number of aliphatic hydroxyl groups excluding tert-OH is 1. The van der Waals surface area contributed by atoms with Gasteiger partial charge in [0.05, 0.1) is 13.2 Å². The number of aliphatic hydroxyl groups is 1. The van der Waals surface area contributed by atoms with Gasteiger partial charge in [0.2, 0.25) is 5.91 Å². The average Bonchev–Trinajstić information content (AvgIpc) is 3.27. The van der Waals surface area contributed by atoms with E-state index in [0.717, 1.165) is 51.4 Å². The molecule has 0 aliphatic heterocycles. The van der Waals surface area contributed by atoms with Crippen LogP contribution in [0.15, 0.2) is 24.3 Å². The van der Waals surface area contributed by atoms with Gasteiger partial charge in [0.1, 0.15) is 12.7 Å². The molecule has 0 rings (SSSR count). The van der Waals surface area contributed by atoms with Crippen LogP contribution in [0.3, 0.4) is 0 Å². The van der Waals surface area contributed by atoms with Crippen LogP contribution in [-0.4, -0.2) is 54.3 Å². The Bertz CT molecular complexity index is 1090. The number of unbranched alkanes of at least 4 members (excludes halogenated alkanes) is 34. The number of carbonyl (C=O) groups excluding carboxylic acids is 2. The minimum Gasteiger partial charge on any atom is -0.463 e. The SMILES string of the molecule is CCCCCC/C=C\C/C=C\CCCCCCCCCC(=O)NCCOP(=O)(O)OCC(O)COC(=O)CCCCCCCCCCCCCCCCCCCCCCCCCC. The molecule has 2 unspecified atom stereocenters. The molecule has 0 aliphatic carbocycles. The molecule has 0 aromatic rings. The molecule has 372 valence electrons. The lowest BCUT2D eigenvalue weighted by atomic mass is 10.0. The Labute approximate surface area is 389 Å². The topological polar surface area (TPSA) is 131 Å². The summed E-state index contributed by atoms with van der Waals surface area (Å²) >= 11 is 0. The van der Waals surface area contributed by atoms with E-state index in [2.05, 4.69) is 43.5 Å². The van der Waals surface area contributed by atoms with Crippen molar-refractivity contribution in [2.24, 2.45) is 0 Å². The van der Waals surface area contributed by atoms with E-state index in [1.807, 2.05) is 0 Å². The highest BCUT2D eigenvalue weighted by Gasteiger charge is 2.23. The number of nitrogens with one attached hydrogen (secondary N) is 1. The van der Waals surface area contributed by atoms with Gasteiger partial charge in [-0.2, -0.15) is 0 Å². The molecule has 0 aromatic carbocycles. The van der Waals surface area contributed by atoms with Crippen molar-refractivity contribution in [2.45, 2.75) is 277 Å². The van der Waals surface area contributed by atoms with Crippen LogP contribution in [-0.2, 0) is 27.9 Å². The molecule has 0 aromatic heterocycles. The third-order valence-electron chi connectivity index (χ3n) is 11.9. The number of ether oxygens (including phenoxy) is 1. The fraction of sp³-hybridized carbons (Fsp3) is 0.887. The number of hydrogen-bond acceptors (Lipinski definition) is 7. The molecule has 0 saturated carbocycles. The van der Waals surface area contributed by atoms with Gasteiger partial charge < -0.3 is 20.1 Å². The number of phosphoric ester groups is 1. The summed E-state index contributed by atoms with van der Waals surface area (Å²) < 4.78 is 27.0. The summed E-state index contributed by atoms with van der Waals surface area (Å²) in [6.45, 7) is 3.58. The highest BCUT2D eigenvalue weighted by Crippen LogP contribution is 2.42. The first-order valence-corrected chi connectivity index (χ1v) is 28.3. The third kappa shape index (κ3) is 51.3. The van der Waals surface area contributed by atoms with Gasteiger partial charge in [0.15, 0.2) is 0 Å². The van der Waals surface area contributed by atoms with Crippen LogP contribution >= 0.6 is 7.82 Å². The van der Waals surface area contributed by atoms with Gasteiger partial charge in [0, 0.05) is 19.4 Å². The molecule has 0 radical (unpaired) electrons. The predicted molar refractivity (Wildman–Crippen MR) is 266 cm³/mol. The summed E-state index contributed by atoms with van der Waals surface area (Å²) in [5.41, 5.74) is 0. The Kier molecular flexibility index (Phi) is 48.7. The summed E-state index contributed by atoms with van der Waals surface area (Å²) in [6.07, 6.45) is 57.0. The summed E-state index contributed by atoms with van der Waals surface area (Å²) in [5.74, 6) is -0.512. The van der Waals surface area contributed by atoms with Crippen LogP contribution in [0.4, 0.5) is 0 Å². The normalized spacial score (nSPS) is 13.3. The van der Waals surface area contributed by atoms with Gasteiger partial charge in [-0.3, -0.25) is 18.6 Å². The maximum Gasteiger partial charge on any atom is 0.472 e. The van der Waals surface area contributed by atoms with Crippen molar-refractivity contribution in [1.82, 2.24) is 5.32 Å². The molecule has 3 N–H and O–H groups in total. The first kappa shape index (κ1) is 61.5. The van der Waals surface area contributed by atoms with Crippen LogP contribution in [0.25, 0.3) is 0 Å². The second-order valence-corrected chi connectivity index (χ2v) is 19.7. The zero-order valence-electron chi connectivity index (χ0n) is 41.3. The number of hydrogen-bond donors (Lipinski definition) is 3. The lowest BCUT2D eigenvalue weighted by molar-refractivity contribution is -0.147. The molecular formula is C53H102NO8P. The molecule has 0 saturated heterocycles. The van der Waals surface area contributed by atoms with E-state index in [4.69, 9.17) is 13.8 Å². The first-order chi connectivity index (χ1) is 30.8. The number of amides is 1. The van der Waals surface area contributed by atoms with Gasteiger partial charge >= 0.3 is 13.8 Å². The Balaban J connectivity index is 3.51. The lowest BCUT2D eigenvalue weighted by Crippen LogP contribution is -2.27. The number of carbonyl (C=O) groups is 2. The smallest absolute Gasteiger partial charge is 0.463 e. The van der Waals surface area contributed by atoms with Crippen molar-refractivity contribution >= 4 is 19.7 Å². The van der Waals surface area contributed by atoms with Crippen molar-refractivity contribution in [3.8, 4) is 0 Å². The van der Waals surface area contributed by atoms with E-state index in [9.17, 15) is 24.2 Å². The van der Waals surface area contributed by atoms with Gasteiger partial charge in [-0.15, -0.1) is 0 Å². The first-order valence-electron chi connectivity index (χ1n) is 26.8. The van der Waals surface area contributed by atoms with Crippen LogP contribution in [0.5, 0.6) is 0 Å². The van der Waals surface area contributed by atoms with Crippen molar-refractivity contribution < 1.29 is 37.9 Å². The molecular weight excluding hydrogens is 810 g/mol. The van der Waals surface area contributed by atoms with Gasteiger partial charge in [-0.25, -0.2) is 4.57 Å². The average molecular weight is 912 g/mol. The molecule has 10 heteroatoms. The molecule has 0 bridgehead atoms. The van der Waals surface area contributed by atoms with Crippen molar-refractivity contribution in [3.05, 3.63) is 24.3 Å². The molecule has 0 spiro atoms. The summed E-state index contributed by atoms with van der Waals surface area (Å²) in [4.78, 5) is 34.1. The summed E-state index contributed by atoms with van der Waals surface area (Å²) in [5, 5.41) is 12.8. The van der Waals surface area contributed by atoms with E-state index in [1.54, 1.807) is 0 Å². The lowest BCUT2D eigenvalue weighted by Gasteiger charge is -2.15. The fourth-order valence-corrected chi connectivity index (χ4v) is 8.58. The van der Waals surface area contributed by atoms with Gasteiger partial charge in [-0.05, 0) is 44.9 Å². The van der Waals surface area contributed by atoms with Crippen LogP contribution in [0.2, 0.25) is 0 Å². The second-order valence-electron chi connectivity index (χ2n) is 18.2. The molecule has 0 fully saturated rings. The molecule has 9 nitrogen and oxygen atoms in total. The Morgan fingerprint density at radius 1 is 0.492 bits per heavy atom. The van der Waals surface area contributed by atoms with Crippen LogP contribution in [0.1, 0.15) is 271 Å². The summed E-state index contributed by atoms with van der Waals surface area (Å²) in [7, 11) is -4.42. The number of phosphoric acid groups is 1. The maximum atomic E-state index is 12.2. The third-order valence-corrected chi connectivity index (χ3v) is 12.9. The van der Waals surface area contributed by atoms with E-state index >= 15 is 0 Å². The molecule has 0 heterocycles. The largest absolute Gasteiger partial charge is 0.472 e. The minimum absolute atomic E-state index is 0.0797. The Morgan fingerprint density at radius 3 is 1.29 bits per heavy atom. The highest BCUT2D eigenvalue weighted by molar-refractivity contribution is 7.47. The van der Waals surface area contributed by atoms with Gasteiger partial charge in [-0.1, -0.05) is 237 Å². The number of esters is 1. The maximum absolute atomic E-state index is 12.2. The molecule has 63 heavy (non-hydrogen) atoms. The van der Waals surface area contributed by atoms with E-state index < -0.39 is 26.5 Å². The highest BCUT2D eigenvalue weighted by atomic mass is 31.2. The quantitative estimate of drug-likeness (QED) is 0.0238. The second kappa shape index (κ2) is 49.9. The standard InChI is InChI=1S/C53H102NO8P/c1-3-5-7-9-11-13-15-17-19-21-23-24-25-26-27-28-30-32-34-36-38-40-42-44-46-53(57)60-49-51(55)50-62-63(58,59)61-48-47-54-52(56)45-43-41-39-37-35-33-31-29-22-20-18-16-14-12-10-8-6-4-2/h14,16,20,22,51,55H,3-13,15,17-19,21,23-50H2,1-2H3,(H,54,56)(H,58,59)/b16-14-,22-20-. The van der Waals surface area contributed by atoms with E-state index in [0.29, 0.717) is 6.42 Å². The van der Waals surface area contributed by atoms with Crippen LogP contribution < -0.4 is 5.32 Å². The number of allylic oxidation sites excluding steroid dienone is 4. The molecule has 2 atom stereocenters. The fourth-order valence-electron chi connectivity index (χ4n) is 7.83. The Hall–Kier alpha value is -1.51. The van der Waals surface area contributed by atoms with Crippen molar-refractivity contribution in [3.63, 3.8) is 0 Å². The van der Waals surface area contributed by atoms with Crippen molar-refractivity contribution in [1.29, 1.82) is 0 Å². The van der Waals surface area contributed by atoms with Gasteiger partial charge in [0.25, 0.3) is 0 Å².